The van der Waals surface area contributed by atoms with Gasteiger partial charge in [0.05, 0.1) is 18.6 Å². The predicted octanol–water partition coefficient (Wildman–Crippen LogP) is 1.57. The molecule has 4 nitrogen and oxygen atoms in total. The number of rotatable bonds is 4. The normalized spacial score (nSPS) is 19.7. The van der Waals surface area contributed by atoms with Crippen LogP contribution in [0.4, 0.5) is 0 Å². The summed E-state index contributed by atoms with van der Waals surface area (Å²) in [6.07, 6.45) is -0.148. The Labute approximate surface area is 107 Å². The molecule has 1 aliphatic heterocycles. The third-order valence-corrected chi connectivity index (χ3v) is 2.84. The summed E-state index contributed by atoms with van der Waals surface area (Å²) in [5.74, 6) is 0.826. The van der Waals surface area contributed by atoms with Crippen LogP contribution in [0, 0.1) is 0 Å². The fourth-order valence-corrected chi connectivity index (χ4v) is 2.11. The third-order valence-electron chi connectivity index (χ3n) is 2.84. The molecule has 0 aromatic heterocycles. The van der Waals surface area contributed by atoms with Crippen LogP contribution in [-0.2, 0) is 11.3 Å². The van der Waals surface area contributed by atoms with Gasteiger partial charge < -0.3 is 14.7 Å². The summed E-state index contributed by atoms with van der Waals surface area (Å²) in [6.45, 7) is 4.92. The molecule has 1 N–H and O–H groups in total. The molecule has 1 aromatic rings. The average molecular weight is 249 g/mol. The van der Waals surface area contributed by atoms with Crippen LogP contribution in [-0.4, -0.2) is 34.7 Å². The number of β-amino-alcohol motifs (C(OH)–C–C–N with tert-alkyl or cyclic N) is 1. The zero-order valence-electron chi connectivity index (χ0n) is 10.8. The van der Waals surface area contributed by atoms with Crippen molar-refractivity contribution in [3.8, 4) is 5.75 Å². The van der Waals surface area contributed by atoms with E-state index < -0.39 is 6.10 Å². The van der Waals surface area contributed by atoms with E-state index in [1.807, 2.05) is 38.1 Å². The molecule has 4 heteroatoms. The molecule has 1 heterocycles. The minimum Gasteiger partial charge on any atom is -0.491 e. The maximum absolute atomic E-state index is 11.6. The van der Waals surface area contributed by atoms with Gasteiger partial charge in [0.25, 0.3) is 0 Å². The van der Waals surface area contributed by atoms with Crippen molar-refractivity contribution >= 4 is 5.91 Å². The summed E-state index contributed by atoms with van der Waals surface area (Å²) in [5, 5.41) is 9.43. The van der Waals surface area contributed by atoms with Gasteiger partial charge in [0.2, 0.25) is 5.91 Å². The lowest BCUT2D eigenvalue weighted by Crippen LogP contribution is -2.25. The Morgan fingerprint density at radius 2 is 2.28 bits per heavy atom. The molecule has 0 radical (unpaired) electrons. The number of aliphatic hydroxyl groups is 1. The smallest absolute Gasteiger partial charge is 0.225 e. The number of hydrogen-bond acceptors (Lipinski definition) is 3. The van der Waals surface area contributed by atoms with Gasteiger partial charge in [-0.3, -0.25) is 4.79 Å². The van der Waals surface area contributed by atoms with E-state index in [1.54, 1.807) is 4.90 Å². The van der Waals surface area contributed by atoms with E-state index in [0.29, 0.717) is 13.1 Å². The fourth-order valence-electron chi connectivity index (χ4n) is 2.11. The maximum Gasteiger partial charge on any atom is 0.225 e. The highest BCUT2D eigenvalue weighted by Gasteiger charge is 2.27. The topological polar surface area (TPSA) is 49.8 Å². The second kappa shape index (κ2) is 5.40. The van der Waals surface area contributed by atoms with Crippen molar-refractivity contribution in [3.05, 3.63) is 29.8 Å². The zero-order valence-corrected chi connectivity index (χ0v) is 10.8. The van der Waals surface area contributed by atoms with Crippen molar-refractivity contribution in [2.45, 2.75) is 39.0 Å². The highest BCUT2D eigenvalue weighted by molar-refractivity contribution is 5.79. The number of aliphatic hydroxyl groups excluding tert-OH is 1. The molecule has 0 saturated carbocycles. The average Bonchev–Trinajstić information content (AvgIpc) is 2.57. The summed E-state index contributed by atoms with van der Waals surface area (Å²) in [5.41, 5.74) is 1.02. The third kappa shape index (κ3) is 3.23. The Bertz CT molecular complexity index is 431. The predicted molar refractivity (Wildman–Crippen MR) is 68.2 cm³/mol. The molecule has 1 unspecified atom stereocenters. The van der Waals surface area contributed by atoms with Crippen molar-refractivity contribution in [2.24, 2.45) is 0 Å². The Balaban J connectivity index is 2.03. The first-order valence-electron chi connectivity index (χ1n) is 6.26. The van der Waals surface area contributed by atoms with E-state index >= 15 is 0 Å². The van der Waals surface area contributed by atoms with Crippen molar-refractivity contribution in [2.75, 3.05) is 6.54 Å². The van der Waals surface area contributed by atoms with E-state index in [9.17, 15) is 9.90 Å². The Morgan fingerprint density at radius 3 is 2.89 bits per heavy atom. The van der Waals surface area contributed by atoms with E-state index in [1.165, 1.54) is 0 Å². The van der Waals surface area contributed by atoms with E-state index in [0.717, 1.165) is 11.3 Å². The minimum atomic E-state index is -0.521. The first kappa shape index (κ1) is 12.9. The van der Waals surface area contributed by atoms with Crippen molar-refractivity contribution in [1.29, 1.82) is 0 Å². The molecule has 1 aromatic carbocycles. The Hall–Kier alpha value is -1.55. The van der Waals surface area contributed by atoms with Gasteiger partial charge >= 0.3 is 0 Å². The molecule has 0 spiro atoms. The lowest BCUT2D eigenvalue weighted by Gasteiger charge is -2.17. The lowest BCUT2D eigenvalue weighted by atomic mass is 10.2. The summed E-state index contributed by atoms with van der Waals surface area (Å²) in [6, 6.07) is 7.73. The van der Waals surface area contributed by atoms with Gasteiger partial charge in [0, 0.05) is 13.1 Å². The Morgan fingerprint density at radius 1 is 1.50 bits per heavy atom. The highest BCUT2D eigenvalue weighted by atomic mass is 16.5. The van der Waals surface area contributed by atoms with E-state index in [-0.39, 0.29) is 18.4 Å². The van der Waals surface area contributed by atoms with Crippen molar-refractivity contribution < 1.29 is 14.6 Å². The van der Waals surface area contributed by atoms with Crippen LogP contribution in [0.3, 0.4) is 0 Å². The van der Waals surface area contributed by atoms with Crippen molar-refractivity contribution in [3.63, 3.8) is 0 Å². The maximum atomic E-state index is 11.6. The summed E-state index contributed by atoms with van der Waals surface area (Å²) >= 11 is 0. The van der Waals surface area contributed by atoms with Crippen LogP contribution >= 0.6 is 0 Å². The van der Waals surface area contributed by atoms with Crippen LogP contribution in [0.15, 0.2) is 24.3 Å². The highest BCUT2D eigenvalue weighted by Crippen LogP contribution is 2.19. The van der Waals surface area contributed by atoms with Gasteiger partial charge in [-0.25, -0.2) is 0 Å². The van der Waals surface area contributed by atoms with Crippen molar-refractivity contribution in [1.82, 2.24) is 4.90 Å². The monoisotopic (exact) mass is 249 g/mol. The largest absolute Gasteiger partial charge is 0.491 e. The number of ether oxygens (including phenoxy) is 1. The van der Waals surface area contributed by atoms with Crippen LogP contribution in [0.25, 0.3) is 0 Å². The summed E-state index contributed by atoms with van der Waals surface area (Å²) in [7, 11) is 0. The first-order valence-corrected chi connectivity index (χ1v) is 6.26. The lowest BCUT2D eigenvalue weighted by molar-refractivity contribution is -0.128. The molecule has 0 aliphatic carbocycles. The van der Waals surface area contributed by atoms with Gasteiger partial charge in [0.1, 0.15) is 5.75 Å². The van der Waals surface area contributed by atoms with Crippen LogP contribution < -0.4 is 4.74 Å². The number of likely N-dealkylation sites (tertiary alicyclic amines) is 1. The van der Waals surface area contributed by atoms with Gasteiger partial charge in [0.15, 0.2) is 0 Å². The molecule has 2 rings (SSSR count). The second-order valence-corrected chi connectivity index (χ2v) is 4.95. The molecule has 18 heavy (non-hydrogen) atoms. The molecule has 98 valence electrons. The number of benzene rings is 1. The quantitative estimate of drug-likeness (QED) is 0.881. The fraction of sp³-hybridized carbons (Fsp3) is 0.500. The number of hydrogen-bond donors (Lipinski definition) is 1. The number of nitrogens with zero attached hydrogens (tertiary/aromatic N) is 1. The standard InChI is InChI=1S/C14H19NO3/c1-10(2)18-13-5-3-4-11(6-13)8-15-9-12(16)7-14(15)17/h3-6,10,12,16H,7-9H2,1-2H3. The Kier molecular flexibility index (Phi) is 3.87. The van der Waals surface area contributed by atoms with Gasteiger partial charge in [-0.05, 0) is 31.5 Å². The molecule has 1 fully saturated rings. The number of carbonyl (C=O) groups excluding carboxylic acids is 1. The van der Waals surface area contributed by atoms with Crippen LogP contribution in [0.2, 0.25) is 0 Å². The SMILES string of the molecule is CC(C)Oc1cccc(CN2CC(O)CC2=O)c1. The van der Waals surface area contributed by atoms with E-state index in [2.05, 4.69) is 0 Å². The second-order valence-electron chi connectivity index (χ2n) is 4.95. The summed E-state index contributed by atoms with van der Waals surface area (Å²) < 4.78 is 5.61. The molecule has 1 atom stereocenters. The molecular weight excluding hydrogens is 230 g/mol. The molecule has 0 bridgehead atoms. The van der Waals surface area contributed by atoms with Gasteiger partial charge in [-0.1, -0.05) is 12.1 Å². The number of amides is 1. The molecular formula is C14H19NO3. The first-order chi connectivity index (χ1) is 8.54. The summed E-state index contributed by atoms with van der Waals surface area (Å²) in [4.78, 5) is 13.3. The van der Waals surface area contributed by atoms with Gasteiger partial charge in [-0.15, -0.1) is 0 Å². The molecule has 1 saturated heterocycles. The van der Waals surface area contributed by atoms with Gasteiger partial charge in [-0.2, -0.15) is 0 Å². The molecule has 1 amide bonds. The number of carbonyl (C=O) groups is 1. The molecule has 1 aliphatic rings. The van der Waals surface area contributed by atoms with E-state index in [4.69, 9.17) is 4.74 Å². The van der Waals surface area contributed by atoms with Crippen LogP contribution in [0.5, 0.6) is 5.75 Å². The minimum absolute atomic E-state index is 0.0117. The zero-order chi connectivity index (χ0) is 13.1. The van der Waals surface area contributed by atoms with Crippen LogP contribution in [0.1, 0.15) is 25.8 Å².